The monoisotopic (exact) mass is 909 g/mol. The molecule has 1 aromatic carbocycles. The van der Waals surface area contributed by atoms with Crippen molar-refractivity contribution in [3.63, 3.8) is 0 Å². The van der Waals surface area contributed by atoms with Crippen molar-refractivity contribution in [1.29, 1.82) is 0 Å². The van der Waals surface area contributed by atoms with Crippen molar-refractivity contribution in [3.8, 4) is 22.5 Å². The molecule has 1 aliphatic carbocycles. The molecule has 9 rings (SSSR count). The number of pyridine rings is 1. The molecule has 65 heavy (non-hydrogen) atoms. The maximum Gasteiger partial charge on any atom is 0.324 e. The number of hydrazine groups is 1. The Morgan fingerprint density at radius 1 is 1.11 bits per heavy atom. The third kappa shape index (κ3) is 9.01. The van der Waals surface area contributed by atoms with E-state index in [4.69, 9.17) is 28.9 Å². The van der Waals surface area contributed by atoms with E-state index in [9.17, 15) is 14.4 Å². The lowest BCUT2D eigenvalue weighted by molar-refractivity contribution is -0.156. The fraction of sp³-hybridized carbons (Fsp3) is 0.620. The molecule has 3 aromatic heterocycles. The van der Waals surface area contributed by atoms with Gasteiger partial charge in [-0.25, -0.2) is 10.4 Å². The van der Waals surface area contributed by atoms with Gasteiger partial charge in [-0.15, -0.1) is 11.3 Å². The highest BCUT2D eigenvalue weighted by molar-refractivity contribution is 7.10. The van der Waals surface area contributed by atoms with Crippen LogP contribution in [0.25, 0.3) is 33.4 Å². The Morgan fingerprint density at radius 3 is 2.68 bits per heavy atom. The lowest BCUT2D eigenvalue weighted by Gasteiger charge is -2.42. The predicted octanol–water partition coefficient (Wildman–Crippen LogP) is 7.22. The molecule has 15 heteroatoms. The Labute approximate surface area is 387 Å². The summed E-state index contributed by atoms with van der Waals surface area (Å²) in [6, 6.07) is 7.50. The zero-order valence-electron chi connectivity index (χ0n) is 39.4. The summed E-state index contributed by atoms with van der Waals surface area (Å²) in [4.78, 5) is 55.5. The first kappa shape index (κ1) is 45.9. The Kier molecular flexibility index (Phi) is 13.3. The number of benzene rings is 1. The summed E-state index contributed by atoms with van der Waals surface area (Å²) >= 11 is 1.42. The van der Waals surface area contributed by atoms with Crippen molar-refractivity contribution < 1.29 is 33.3 Å². The summed E-state index contributed by atoms with van der Waals surface area (Å²) < 4.78 is 27.0. The Morgan fingerprint density at radius 2 is 1.92 bits per heavy atom. The molecule has 5 aliphatic rings. The molecule has 7 heterocycles. The van der Waals surface area contributed by atoms with Crippen LogP contribution < -0.4 is 10.7 Å². The van der Waals surface area contributed by atoms with Crippen LogP contribution in [0.4, 0.5) is 0 Å². The molecule has 3 saturated heterocycles. The van der Waals surface area contributed by atoms with Crippen LogP contribution in [-0.2, 0) is 46.3 Å². The first-order chi connectivity index (χ1) is 31.3. The van der Waals surface area contributed by atoms with Crippen LogP contribution >= 0.6 is 11.3 Å². The van der Waals surface area contributed by atoms with E-state index in [1.165, 1.54) is 21.9 Å². The van der Waals surface area contributed by atoms with E-state index in [-0.39, 0.29) is 42.3 Å². The fourth-order valence-electron chi connectivity index (χ4n) is 10.9. The minimum atomic E-state index is -1.08. The zero-order chi connectivity index (χ0) is 45.7. The van der Waals surface area contributed by atoms with Gasteiger partial charge >= 0.3 is 5.97 Å². The molecule has 4 aliphatic heterocycles. The van der Waals surface area contributed by atoms with Gasteiger partial charge in [0.15, 0.2) is 0 Å². The van der Waals surface area contributed by atoms with Gasteiger partial charge < -0.3 is 28.8 Å². The number of piperidine rings is 1. The molecule has 14 nitrogen and oxygen atoms in total. The quantitative estimate of drug-likeness (QED) is 0.164. The van der Waals surface area contributed by atoms with Crippen molar-refractivity contribution >= 4 is 40.0 Å². The lowest BCUT2D eigenvalue weighted by atomic mass is 9.82. The minimum absolute atomic E-state index is 0.163. The van der Waals surface area contributed by atoms with Gasteiger partial charge in [-0.3, -0.25) is 29.3 Å². The number of nitrogens with zero attached hydrogens (tertiary/aromatic N) is 5. The maximum atomic E-state index is 14.6. The van der Waals surface area contributed by atoms with Crippen molar-refractivity contribution in [2.75, 3.05) is 53.2 Å². The van der Waals surface area contributed by atoms with Crippen molar-refractivity contribution in [3.05, 3.63) is 57.7 Å². The van der Waals surface area contributed by atoms with Gasteiger partial charge in [0.2, 0.25) is 5.91 Å². The molecule has 0 unspecified atom stereocenters. The number of amides is 2. The van der Waals surface area contributed by atoms with E-state index in [0.717, 1.165) is 83.8 Å². The highest BCUT2D eigenvalue weighted by atomic mass is 32.1. The number of morpholine rings is 1. The van der Waals surface area contributed by atoms with Crippen LogP contribution in [-0.4, -0.2) is 114 Å². The molecule has 6 bridgehead atoms. The Balaban J connectivity index is 1.18. The van der Waals surface area contributed by atoms with Gasteiger partial charge in [-0.2, -0.15) is 0 Å². The van der Waals surface area contributed by atoms with Crippen LogP contribution in [0.1, 0.15) is 114 Å². The number of carbonyl (C=O) groups excluding carboxylic acids is 3. The minimum Gasteiger partial charge on any atom is -0.464 e. The summed E-state index contributed by atoms with van der Waals surface area (Å²) in [6.45, 7) is 19.7. The van der Waals surface area contributed by atoms with Crippen LogP contribution in [0.2, 0.25) is 0 Å². The second kappa shape index (κ2) is 18.8. The van der Waals surface area contributed by atoms with Crippen molar-refractivity contribution in [1.82, 2.24) is 35.2 Å². The number of carbonyl (C=O) groups is 3. The molecule has 1 saturated carbocycles. The third-order valence-electron chi connectivity index (χ3n) is 15.0. The highest BCUT2D eigenvalue weighted by Crippen LogP contribution is 2.47. The number of esters is 1. The summed E-state index contributed by atoms with van der Waals surface area (Å²) in [5.74, 6) is -0.377. The number of methoxy groups -OCH3 is 1. The van der Waals surface area contributed by atoms with Crippen molar-refractivity contribution in [2.45, 2.75) is 123 Å². The highest BCUT2D eigenvalue weighted by Gasteiger charge is 2.50. The standard InChI is InChI=1S/C50H67N7O7S/c1-9-56-40-14-13-32-21-35(40)37(44(56)36-22-33(24-51-42(36)30(5)61-8)31-15-17-55-18-19-62-25-34(55)20-31)23-50(6,7)27-64-49(60)38-12-11-16-57(54-38)48(59)43(53-46(58)41-28(3)29(41)4)45(63-10-2)47-52-39(32)26-65-47/h13-14,21-22,24,26,28-31,34,38,41,43,45,54H,9-12,15-20,23,25,27H2,1-8H3,(H,53,58)/t28-,29+,30-,31+,34-,38-,41+,43-,45-/m0/s1. The Bertz CT molecular complexity index is 2410. The number of cyclic esters (lactones) is 1. The summed E-state index contributed by atoms with van der Waals surface area (Å²) in [5, 5.41) is 8.27. The molecule has 4 aromatic rings. The fourth-order valence-corrected chi connectivity index (χ4v) is 11.8. The number of ether oxygens (including phenoxy) is 4. The lowest BCUT2D eigenvalue weighted by Crippen LogP contribution is -2.61. The summed E-state index contributed by atoms with van der Waals surface area (Å²) in [6.07, 6.45) is 4.73. The summed E-state index contributed by atoms with van der Waals surface area (Å²) in [7, 11) is 1.74. The van der Waals surface area contributed by atoms with E-state index in [1.807, 2.05) is 12.3 Å². The number of aromatic nitrogens is 3. The zero-order valence-corrected chi connectivity index (χ0v) is 40.2. The predicted molar refractivity (Wildman–Crippen MR) is 250 cm³/mol. The van der Waals surface area contributed by atoms with Crippen LogP contribution in [0.5, 0.6) is 0 Å². The van der Waals surface area contributed by atoms with Crippen LogP contribution in [0.15, 0.2) is 35.8 Å². The number of hydrogen-bond donors (Lipinski definition) is 2. The third-order valence-corrected chi connectivity index (χ3v) is 15.9. The summed E-state index contributed by atoms with van der Waals surface area (Å²) in [5.41, 5.74) is 10.9. The topological polar surface area (TPSA) is 149 Å². The molecule has 0 radical (unpaired) electrons. The second-order valence-corrected chi connectivity index (χ2v) is 20.7. The number of nitrogens with one attached hydrogen (secondary N) is 2. The van der Waals surface area contributed by atoms with Gasteiger partial charge in [0.05, 0.1) is 43.0 Å². The largest absolute Gasteiger partial charge is 0.464 e. The Hall–Kier alpha value is -4.25. The number of hydrogen-bond acceptors (Lipinski definition) is 12. The van der Waals surface area contributed by atoms with Gasteiger partial charge in [0.1, 0.15) is 23.2 Å². The maximum absolute atomic E-state index is 14.6. The number of fused-ring (bicyclic) bond motifs is 7. The van der Waals surface area contributed by atoms with Gasteiger partial charge in [-0.1, -0.05) is 33.8 Å². The molecule has 350 valence electrons. The molecule has 4 fully saturated rings. The number of thiazole rings is 1. The van der Waals surface area contributed by atoms with E-state index >= 15 is 0 Å². The first-order valence-electron chi connectivity index (χ1n) is 23.9. The SMILES string of the molecule is CCO[C@@H]1c2nc(cs2)-c2ccc3c(c2)c(c(-c2cc([C@@H]4CCN5CCOC[C@@H]5C4)cnc2[C@H](C)OC)n3CC)CC(C)(C)COC(=O)[C@@H]2CCCN(N2)C(=O)[C@H]1NC(=O)[C@H]1[C@H](C)[C@@H]1C. The second-order valence-electron chi connectivity index (χ2n) is 19.8. The van der Waals surface area contributed by atoms with Gasteiger partial charge in [-0.05, 0) is 106 Å². The van der Waals surface area contributed by atoms with Gasteiger partial charge in [0, 0.05) is 84.3 Å². The molecule has 9 atom stereocenters. The number of rotatable bonds is 9. The van der Waals surface area contributed by atoms with Gasteiger partial charge in [0.25, 0.3) is 5.91 Å². The average molecular weight is 910 g/mol. The molecule has 2 amide bonds. The first-order valence-corrected chi connectivity index (χ1v) is 24.8. The van der Waals surface area contributed by atoms with Crippen LogP contribution in [0, 0.1) is 23.2 Å². The smallest absolute Gasteiger partial charge is 0.324 e. The van der Waals surface area contributed by atoms with Crippen LogP contribution in [0.3, 0.4) is 0 Å². The normalized spacial score (nSPS) is 28.9. The van der Waals surface area contributed by atoms with E-state index < -0.39 is 29.6 Å². The molecule has 2 N–H and O–H groups in total. The molecular formula is C50H67N7O7S. The van der Waals surface area contributed by atoms with Crippen molar-refractivity contribution in [2.24, 2.45) is 23.2 Å². The van der Waals surface area contributed by atoms with E-state index in [0.29, 0.717) is 55.9 Å². The molecular weight excluding hydrogens is 843 g/mol. The number of aryl methyl sites for hydroxylation is 1. The van der Waals surface area contributed by atoms with E-state index in [2.05, 4.69) is 92.2 Å². The van der Waals surface area contributed by atoms with E-state index in [1.54, 1.807) is 7.11 Å². The molecule has 0 spiro atoms. The average Bonchev–Trinajstić information content (AvgIpc) is 3.58.